The molecule has 23 heavy (non-hydrogen) atoms. The van der Waals surface area contributed by atoms with Crippen LogP contribution in [-0.2, 0) is 0 Å². The maximum atomic E-state index is 6.11. The van der Waals surface area contributed by atoms with Gasteiger partial charge in [-0.2, -0.15) is 0 Å². The molecule has 0 atom stereocenters. The van der Waals surface area contributed by atoms with Crippen LogP contribution in [0.15, 0.2) is 40.8 Å². The average Bonchev–Trinajstić information content (AvgIpc) is 2.59. The van der Waals surface area contributed by atoms with E-state index in [2.05, 4.69) is 50.3 Å². The quantitative estimate of drug-likeness (QED) is 0.452. The summed E-state index contributed by atoms with van der Waals surface area (Å²) in [6.07, 6.45) is 0. The molecule has 0 saturated heterocycles. The van der Waals surface area contributed by atoms with Crippen LogP contribution in [0.3, 0.4) is 0 Å². The fourth-order valence-electron chi connectivity index (χ4n) is 2.73. The highest BCUT2D eigenvalue weighted by Crippen LogP contribution is 2.27. The maximum Gasteiger partial charge on any atom is 0.203 e. The highest BCUT2D eigenvalue weighted by atomic mass is 32.1. The molecule has 1 aliphatic heterocycles. The van der Waals surface area contributed by atoms with Gasteiger partial charge in [0.1, 0.15) is 24.3 Å². The lowest BCUT2D eigenvalue weighted by molar-refractivity contribution is 0.600. The molecule has 0 bridgehead atoms. The second-order valence-electron chi connectivity index (χ2n) is 5.41. The Morgan fingerprint density at radius 1 is 1.09 bits per heavy atom. The molecule has 0 saturated carbocycles. The molecule has 1 aromatic rings. The molecular formula is C18H22N3OS+. The first-order chi connectivity index (χ1) is 11.2. The van der Waals surface area contributed by atoms with Crippen molar-refractivity contribution in [3.05, 3.63) is 41.8 Å². The summed E-state index contributed by atoms with van der Waals surface area (Å²) in [6, 6.07) is 12.2. The molecular weight excluding hydrogens is 306 g/mol. The number of nitrogens with zero attached hydrogens (tertiary/aromatic N) is 3. The number of thiol groups is 1. The van der Waals surface area contributed by atoms with Crippen LogP contribution >= 0.6 is 12.8 Å². The minimum atomic E-state index is 0.777. The summed E-state index contributed by atoms with van der Waals surface area (Å²) < 4.78 is 10.3. The lowest BCUT2D eigenvalue weighted by atomic mass is 10.2. The molecule has 0 fully saturated rings. The highest BCUT2D eigenvalue weighted by Gasteiger charge is 2.12. The second-order valence-corrected chi connectivity index (χ2v) is 5.89. The SMILES string of the molecule is CCN(S)c1ccc2nc3ccc(=[N+](CC)CC)cc-3oc2c1. The molecule has 0 unspecified atom stereocenters. The van der Waals surface area contributed by atoms with E-state index in [9.17, 15) is 0 Å². The first-order valence-corrected chi connectivity index (χ1v) is 8.45. The fourth-order valence-corrected chi connectivity index (χ4v) is 2.86. The third kappa shape index (κ3) is 3.06. The predicted octanol–water partition coefficient (Wildman–Crippen LogP) is 3.42. The Hall–Kier alpha value is -2.01. The van der Waals surface area contributed by atoms with Crippen LogP contribution in [0.5, 0.6) is 0 Å². The van der Waals surface area contributed by atoms with Crippen LogP contribution in [0, 0.1) is 0 Å². The summed E-state index contributed by atoms with van der Waals surface area (Å²) in [4.78, 5) is 4.70. The van der Waals surface area contributed by atoms with Gasteiger partial charge in [-0.05, 0) is 39.0 Å². The van der Waals surface area contributed by atoms with Crippen molar-refractivity contribution in [3.63, 3.8) is 0 Å². The zero-order valence-corrected chi connectivity index (χ0v) is 14.7. The Morgan fingerprint density at radius 3 is 2.57 bits per heavy atom. The van der Waals surface area contributed by atoms with Crippen LogP contribution in [0.25, 0.3) is 22.6 Å². The normalized spacial score (nSPS) is 11.1. The van der Waals surface area contributed by atoms with Crippen molar-refractivity contribution >= 4 is 29.6 Å². The number of aromatic nitrogens is 1. The Bertz CT molecular complexity index is 866. The smallest absolute Gasteiger partial charge is 0.203 e. The standard InChI is InChI=1S/C18H22N3OS/c1-4-20(5-2)13-7-9-15-17(11-13)22-18-12-14(21(23)6-3)8-10-16(18)19-15/h7-12,23H,4-6H2,1-3H3/q+1. The maximum absolute atomic E-state index is 6.11. The van der Waals surface area contributed by atoms with E-state index < -0.39 is 0 Å². The third-order valence-electron chi connectivity index (χ3n) is 4.07. The molecule has 3 rings (SSSR count). The van der Waals surface area contributed by atoms with Crippen LogP contribution in [-0.4, -0.2) is 24.6 Å². The van der Waals surface area contributed by atoms with Crippen molar-refractivity contribution in [2.45, 2.75) is 20.8 Å². The molecule has 1 aliphatic carbocycles. The van der Waals surface area contributed by atoms with Gasteiger partial charge in [-0.3, -0.25) is 0 Å². The first kappa shape index (κ1) is 15.9. The van der Waals surface area contributed by atoms with Gasteiger partial charge in [0.15, 0.2) is 11.3 Å². The van der Waals surface area contributed by atoms with Gasteiger partial charge in [-0.1, -0.05) is 12.8 Å². The Morgan fingerprint density at radius 2 is 1.87 bits per heavy atom. The van der Waals surface area contributed by atoms with Crippen molar-refractivity contribution in [1.29, 1.82) is 0 Å². The molecule has 4 nitrogen and oxygen atoms in total. The largest absolute Gasteiger partial charge is 0.452 e. The van der Waals surface area contributed by atoms with E-state index in [-0.39, 0.29) is 0 Å². The van der Waals surface area contributed by atoms with Gasteiger partial charge in [0.25, 0.3) is 0 Å². The number of anilines is 1. The van der Waals surface area contributed by atoms with Gasteiger partial charge in [0.05, 0.1) is 11.8 Å². The Kier molecular flexibility index (Phi) is 4.57. The molecule has 0 radical (unpaired) electrons. The fraction of sp³-hybridized carbons (Fsp3) is 0.333. The summed E-state index contributed by atoms with van der Waals surface area (Å²) >= 11 is 4.45. The predicted molar refractivity (Wildman–Crippen MR) is 99.0 cm³/mol. The summed E-state index contributed by atoms with van der Waals surface area (Å²) in [5, 5.41) is 1.16. The van der Waals surface area contributed by atoms with Gasteiger partial charge >= 0.3 is 0 Å². The van der Waals surface area contributed by atoms with E-state index in [1.807, 2.05) is 28.6 Å². The number of hydrogen-bond donors (Lipinski definition) is 1. The third-order valence-corrected chi connectivity index (χ3v) is 4.59. The Labute approximate surface area is 142 Å². The molecule has 1 heterocycles. The monoisotopic (exact) mass is 328 g/mol. The molecule has 0 amide bonds. The molecule has 0 aromatic heterocycles. The lowest BCUT2D eigenvalue weighted by Crippen LogP contribution is -2.29. The van der Waals surface area contributed by atoms with Crippen LogP contribution in [0.2, 0.25) is 0 Å². The number of benzene rings is 2. The van der Waals surface area contributed by atoms with Crippen molar-refractivity contribution < 1.29 is 4.42 Å². The Balaban J connectivity index is 2.22. The van der Waals surface area contributed by atoms with Crippen molar-refractivity contribution in [3.8, 4) is 11.5 Å². The van der Waals surface area contributed by atoms with E-state index in [0.29, 0.717) is 0 Å². The number of hydrogen-bond acceptors (Lipinski definition) is 4. The van der Waals surface area contributed by atoms with E-state index in [1.54, 1.807) is 0 Å². The van der Waals surface area contributed by atoms with Crippen LogP contribution in [0.1, 0.15) is 20.8 Å². The van der Waals surface area contributed by atoms with E-state index >= 15 is 0 Å². The zero-order valence-electron chi connectivity index (χ0n) is 13.8. The van der Waals surface area contributed by atoms with E-state index in [4.69, 9.17) is 9.40 Å². The van der Waals surface area contributed by atoms with Gasteiger partial charge in [0, 0.05) is 18.7 Å². The highest BCUT2D eigenvalue weighted by molar-refractivity contribution is 7.81. The van der Waals surface area contributed by atoms with Crippen LogP contribution < -0.4 is 14.2 Å². The molecule has 0 N–H and O–H groups in total. The first-order valence-electron chi connectivity index (χ1n) is 8.05. The van der Waals surface area contributed by atoms with Crippen LogP contribution in [0.4, 0.5) is 5.69 Å². The van der Waals surface area contributed by atoms with E-state index in [1.165, 1.54) is 0 Å². The topological polar surface area (TPSA) is 32.3 Å². The molecule has 5 heteroatoms. The van der Waals surface area contributed by atoms with Gasteiger partial charge in [0.2, 0.25) is 5.36 Å². The van der Waals surface area contributed by atoms with Crippen molar-refractivity contribution in [2.75, 3.05) is 23.9 Å². The van der Waals surface area contributed by atoms with Crippen molar-refractivity contribution in [2.24, 2.45) is 0 Å². The molecule has 120 valence electrons. The zero-order chi connectivity index (χ0) is 16.4. The van der Waals surface area contributed by atoms with Gasteiger partial charge in [-0.15, -0.1) is 0 Å². The average molecular weight is 328 g/mol. The second kappa shape index (κ2) is 6.62. The molecule has 2 aliphatic rings. The van der Waals surface area contributed by atoms with Gasteiger partial charge in [-0.25, -0.2) is 9.56 Å². The summed E-state index contributed by atoms with van der Waals surface area (Å²) in [5.74, 6) is 0.807. The van der Waals surface area contributed by atoms with E-state index in [0.717, 1.165) is 53.2 Å². The summed E-state index contributed by atoms with van der Waals surface area (Å²) in [7, 11) is 0. The lowest BCUT2D eigenvalue weighted by Gasteiger charge is -2.15. The molecule has 0 spiro atoms. The van der Waals surface area contributed by atoms with Crippen molar-refractivity contribution in [1.82, 2.24) is 9.56 Å². The minimum Gasteiger partial charge on any atom is -0.452 e. The molecule has 1 aromatic carbocycles. The summed E-state index contributed by atoms with van der Waals surface area (Å²) in [6.45, 7) is 9.13. The van der Waals surface area contributed by atoms with Gasteiger partial charge < -0.3 is 8.72 Å². The number of fused-ring (bicyclic) bond motifs is 2. The summed E-state index contributed by atoms with van der Waals surface area (Å²) in [5.41, 5.74) is 3.52. The minimum absolute atomic E-state index is 0.777. The number of rotatable bonds is 4.